The lowest BCUT2D eigenvalue weighted by molar-refractivity contribution is -0.116. The van der Waals surface area contributed by atoms with Gasteiger partial charge in [0.25, 0.3) is 0 Å². The van der Waals surface area contributed by atoms with Gasteiger partial charge in [0.1, 0.15) is 5.15 Å². The van der Waals surface area contributed by atoms with Gasteiger partial charge >= 0.3 is 0 Å². The molecule has 0 spiro atoms. The molecule has 3 rings (SSSR count). The number of halogens is 1. The summed E-state index contributed by atoms with van der Waals surface area (Å²) in [6, 6.07) is 7.93. The number of pyridine rings is 1. The molecule has 1 aliphatic rings. The number of fused-ring (bicyclic) bond motifs is 1. The molecule has 0 unspecified atom stereocenters. The molecule has 1 aromatic heterocycles. The summed E-state index contributed by atoms with van der Waals surface area (Å²) < 4.78 is 0. The highest BCUT2D eigenvalue weighted by molar-refractivity contribution is 6.30. The molecule has 5 heteroatoms. The molecule has 0 atom stereocenters. The van der Waals surface area contributed by atoms with Crippen molar-refractivity contribution in [1.82, 2.24) is 4.98 Å². The van der Waals surface area contributed by atoms with E-state index < -0.39 is 0 Å². The van der Waals surface area contributed by atoms with Crippen LogP contribution in [0.1, 0.15) is 18.1 Å². The van der Waals surface area contributed by atoms with Crippen LogP contribution in [0.4, 0.5) is 17.1 Å². The van der Waals surface area contributed by atoms with Gasteiger partial charge in [-0.15, -0.1) is 0 Å². The monoisotopic (exact) mass is 301 g/mol. The third kappa shape index (κ3) is 2.47. The number of carbonyl (C=O) groups excluding carboxylic acids is 1. The molecule has 0 fully saturated rings. The average Bonchev–Trinajstić information content (AvgIpc) is 2.89. The van der Waals surface area contributed by atoms with Crippen LogP contribution in [0.5, 0.6) is 0 Å². The largest absolute Gasteiger partial charge is 0.353 e. The van der Waals surface area contributed by atoms with Crippen molar-refractivity contribution in [2.24, 2.45) is 0 Å². The Hall–Kier alpha value is -2.07. The van der Waals surface area contributed by atoms with Gasteiger partial charge in [0.15, 0.2) is 0 Å². The Morgan fingerprint density at radius 1 is 1.33 bits per heavy atom. The molecule has 1 aliphatic heterocycles. The van der Waals surface area contributed by atoms with Crippen LogP contribution in [0, 0.1) is 6.92 Å². The summed E-state index contributed by atoms with van der Waals surface area (Å²) in [6.45, 7) is 4.25. The number of rotatable bonds is 2. The van der Waals surface area contributed by atoms with E-state index in [1.165, 1.54) is 5.56 Å². The fourth-order valence-electron chi connectivity index (χ4n) is 2.66. The Labute approximate surface area is 128 Å². The number of nitrogens with zero attached hydrogens (tertiary/aromatic N) is 2. The van der Waals surface area contributed by atoms with Crippen molar-refractivity contribution < 1.29 is 4.79 Å². The van der Waals surface area contributed by atoms with E-state index in [1.54, 1.807) is 13.1 Å². The number of benzene rings is 1. The highest BCUT2D eigenvalue weighted by atomic mass is 35.5. The third-order valence-electron chi connectivity index (χ3n) is 3.79. The maximum absolute atomic E-state index is 11.8. The van der Waals surface area contributed by atoms with E-state index in [1.807, 2.05) is 30.0 Å². The lowest BCUT2D eigenvalue weighted by Gasteiger charge is -2.20. The highest BCUT2D eigenvalue weighted by Gasteiger charge is 2.25. The second-order valence-electron chi connectivity index (χ2n) is 5.13. The molecule has 0 saturated carbocycles. The van der Waals surface area contributed by atoms with Crippen molar-refractivity contribution in [3.8, 4) is 0 Å². The number of nitrogens with one attached hydrogen (secondary N) is 1. The summed E-state index contributed by atoms with van der Waals surface area (Å²) >= 11 is 6.06. The van der Waals surface area contributed by atoms with Crippen molar-refractivity contribution in [3.05, 3.63) is 46.7 Å². The van der Waals surface area contributed by atoms with E-state index in [-0.39, 0.29) is 5.91 Å². The van der Waals surface area contributed by atoms with Crippen molar-refractivity contribution in [2.75, 3.05) is 16.8 Å². The summed E-state index contributed by atoms with van der Waals surface area (Å²) in [6.07, 6.45) is 2.56. The molecule has 2 aromatic rings. The minimum absolute atomic E-state index is 0.0625. The van der Waals surface area contributed by atoms with Gasteiger partial charge in [0, 0.05) is 30.9 Å². The zero-order valence-corrected chi connectivity index (χ0v) is 12.7. The average molecular weight is 302 g/mol. The van der Waals surface area contributed by atoms with Crippen LogP contribution >= 0.6 is 11.6 Å². The van der Waals surface area contributed by atoms with E-state index in [0.29, 0.717) is 5.15 Å². The number of anilines is 3. The maximum atomic E-state index is 11.8. The molecular formula is C16H16ClN3O. The van der Waals surface area contributed by atoms with E-state index in [4.69, 9.17) is 11.6 Å². The van der Waals surface area contributed by atoms with E-state index in [2.05, 4.69) is 16.4 Å². The van der Waals surface area contributed by atoms with Crippen LogP contribution < -0.4 is 10.2 Å². The van der Waals surface area contributed by atoms with Gasteiger partial charge in [0.2, 0.25) is 5.91 Å². The number of carbonyl (C=O) groups is 1. The third-order valence-corrected chi connectivity index (χ3v) is 4.17. The lowest BCUT2D eigenvalue weighted by Crippen LogP contribution is -2.26. The van der Waals surface area contributed by atoms with Gasteiger partial charge in [-0.2, -0.15) is 0 Å². The zero-order valence-electron chi connectivity index (χ0n) is 12.0. The molecular weight excluding hydrogens is 286 g/mol. The van der Waals surface area contributed by atoms with Crippen LogP contribution in [-0.2, 0) is 11.2 Å². The first-order valence-corrected chi connectivity index (χ1v) is 7.24. The summed E-state index contributed by atoms with van der Waals surface area (Å²) in [5.41, 5.74) is 4.87. The Balaban J connectivity index is 2.03. The summed E-state index contributed by atoms with van der Waals surface area (Å²) in [4.78, 5) is 17.7. The van der Waals surface area contributed by atoms with Crippen LogP contribution in [0.15, 0.2) is 30.5 Å². The molecule has 4 nitrogen and oxygen atoms in total. The molecule has 108 valence electrons. The highest BCUT2D eigenvalue weighted by Crippen LogP contribution is 2.37. The minimum atomic E-state index is 0.0625. The Bertz CT molecular complexity index is 715. The number of hydrogen-bond acceptors (Lipinski definition) is 3. The summed E-state index contributed by atoms with van der Waals surface area (Å²) in [5, 5.41) is 3.86. The second kappa shape index (κ2) is 5.37. The molecule has 0 radical (unpaired) electrons. The zero-order chi connectivity index (χ0) is 15.0. The van der Waals surface area contributed by atoms with Gasteiger partial charge < -0.3 is 10.2 Å². The fraction of sp³-hybridized carbons (Fsp3) is 0.250. The number of hydrogen-bond donors (Lipinski definition) is 1. The predicted octanol–water partition coefficient (Wildman–Crippen LogP) is 3.70. The first kappa shape index (κ1) is 13.9. The molecule has 1 amide bonds. The van der Waals surface area contributed by atoms with Crippen LogP contribution in [0.3, 0.4) is 0 Å². The van der Waals surface area contributed by atoms with Crippen molar-refractivity contribution in [2.45, 2.75) is 20.3 Å². The van der Waals surface area contributed by atoms with E-state index in [9.17, 15) is 4.79 Å². The lowest BCUT2D eigenvalue weighted by atomic mass is 10.1. The standard InChI is InChI=1S/C16H16ClN3O/c1-10-13(6-8-18-16(10)17)19-14-5-3-4-12-7-9-20(11(2)21)15(12)14/h3-6,8H,7,9H2,1-2H3,(H,18,19). The molecule has 21 heavy (non-hydrogen) atoms. The second-order valence-corrected chi connectivity index (χ2v) is 5.49. The number of para-hydroxylation sites is 1. The van der Waals surface area contributed by atoms with Gasteiger partial charge in [-0.05, 0) is 31.0 Å². The van der Waals surface area contributed by atoms with E-state index in [0.717, 1.165) is 35.6 Å². The van der Waals surface area contributed by atoms with Crippen molar-refractivity contribution in [3.63, 3.8) is 0 Å². The van der Waals surface area contributed by atoms with Crippen LogP contribution in [-0.4, -0.2) is 17.4 Å². The predicted molar refractivity (Wildman–Crippen MR) is 85.4 cm³/mol. The fourth-order valence-corrected chi connectivity index (χ4v) is 2.82. The quantitative estimate of drug-likeness (QED) is 0.860. The molecule has 0 aliphatic carbocycles. The van der Waals surface area contributed by atoms with E-state index >= 15 is 0 Å². The first-order chi connectivity index (χ1) is 10.1. The maximum Gasteiger partial charge on any atom is 0.223 e. The minimum Gasteiger partial charge on any atom is -0.353 e. The summed E-state index contributed by atoms with van der Waals surface area (Å²) in [5.74, 6) is 0.0625. The van der Waals surface area contributed by atoms with Crippen molar-refractivity contribution >= 4 is 34.6 Å². The van der Waals surface area contributed by atoms with Crippen molar-refractivity contribution in [1.29, 1.82) is 0 Å². The Kier molecular flexibility index (Phi) is 3.55. The Morgan fingerprint density at radius 2 is 2.14 bits per heavy atom. The molecule has 1 N–H and O–H groups in total. The number of amides is 1. The smallest absolute Gasteiger partial charge is 0.223 e. The first-order valence-electron chi connectivity index (χ1n) is 6.86. The number of aromatic nitrogens is 1. The molecule has 1 aromatic carbocycles. The Morgan fingerprint density at radius 3 is 2.90 bits per heavy atom. The van der Waals surface area contributed by atoms with Gasteiger partial charge in [-0.1, -0.05) is 23.7 Å². The topological polar surface area (TPSA) is 45.2 Å². The van der Waals surface area contributed by atoms with Crippen LogP contribution in [0.2, 0.25) is 5.15 Å². The molecule has 2 heterocycles. The van der Waals surface area contributed by atoms with Crippen LogP contribution in [0.25, 0.3) is 0 Å². The van der Waals surface area contributed by atoms with Gasteiger partial charge in [-0.25, -0.2) is 4.98 Å². The normalized spacial score (nSPS) is 13.2. The van der Waals surface area contributed by atoms with Gasteiger partial charge in [-0.3, -0.25) is 4.79 Å². The molecule has 0 saturated heterocycles. The summed E-state index contributed by atoms with van der Waals surface area (Å²) in [7, 11) is 0. The molecule has 0 bridgehead atoms. The van der Waals surface area contributed by atoms with Gasteiger partial charge in [0.05, 0.1) is 11.4 Å². The SMILES string of the molecule is CC(=O)N1CCc2cccc(Nc3ccnc(Cl)c3C)c21.